The predicted octanol–water partition coefficient (Wildman–Crippen LogP) is 2.42. The highest BCUT2D eigenvalue weighted by atomic mass is 15.5. The third-order valence-corrected chi connectivity index (χ3v) is 1.37. The maximum absolute atomic E-state index is 3.77. The molecular weight excluding hydrogens is 184 g/mol. The number of rotatable bonds is 0. The van der Waals surface area contributed by atoms with Gasteiger partial charge in [-0.1, -0.05) is 0 Å². The summed E-state index contributed by atoms with van der Waals surface area (Å²) >= 11 is 0. The third-order valence-electron chi connectivity index (χ3n) is 1.37. The van der Waals surface area contributed by atoms with E-state index in [0.717, 1.165) is 12.8 Å². The van der Waals surface area contributed by atoms with Crippen molar-refractivity contribution in [3.05, 3.63) is 0 Å². The molecule has 0 radical (unpaired) electrons. The van der Waals surface area contributed by atoms with Gasteiger partial charge >= 0.3 is 0 Å². The predicted molar refractivity (Wildman–Crippen MR) is 48.1 cm³/mol. The second kappa shape index (κ2) is 8.02. The van der Waals surface area contributed by atoms with Crippen molar-refractivity contribution in [3.8, 4) is 0 Å². The molecule has 0 saturated heterocycles. The van der Waals surface area contributed by atoms with Crippen molar-refractivity contribution in [3.63, 3.8) is 0 Å². The zero-order chi connectivity index (χ0) is 9.90. The summed E-state index contributed by atoms with van der Waals surface area (Å²) in [6, 6.07) is 0. The topological polar surface area (TPSA) is 98.9 Å². The monoisotopic (exact) mass is 196 g/mol. The van der Waals surface area contributed by atoms with Gasteiger partial charge in [-0.05, 0) is 33.7 Å². The van der Waals surface area contributed by atoms with Gasteiger partial charge in [-0.15, -0.1) is 0 Å². The summed E-state index contributed by atoms with van der Waals surface area (Å²) in [6.45, 7) is 2.31. The Morgan fingerprint density at radius 1 is 0.429 bits per heavy atom. The first-order valence-corrected chi connectivity index (χ1v) is 4.46. The standard InChI is InChI=1S/C6H12N8/c1-3-7-11-13-9-5-2-6-10-14-12-8-4-1/h1-6H2. The van der Waals surface area contributed by atoms with Crippen molar-refractivity contribution in [2.24, 2.45) is 41.4 Å². The van der Waals surface area contributed by atoms with E-state index in [1.165, 1.54) is 0 Å². The molecule has 0 unspecified atom stereocenters. The summed E-state index contributed by atoms with van der Waals surface area (Å²) < 4.78 is 0. The molecule has 0 aliphatic carbocycles. The highest BCUT2D eigenvalue weighted by molar-refractivity contribution is 4.45. The van der Waals surface area contributed by atoms with Gasteiger partial charge in [0.25, 0.3) is 0 Å². The second-order valence-corrected chi connectivity index (χ2v) is 2.52. The van der Waals surface area contributed by atoms with E-state index in [4.69, 9.17) is 0 Å². The van der Waals surface area contributed by atoms with Gasteiger partial charge in [0.2, 0.25) is 0 Å². The van der Waals surface area contributed by atoms with Crippen LogP contribution < -0.4 is 0 Å². The van der Waals surface area contributed by atoms with Crippen LogP contribution in [0.3, 0.4) is 0 Å². The fourth-order valence-electron chi connectivity index (χ4n) is 0.716. The normalized spacial score (nSPS) is 19.4. The number of nitrogens with zero attached hydrogens (tertiary/aromatic N) is 8. The van der Waals surface area contributed by atoms with E-state index in [0.29, 0.717) is 26.2 Å². The summed E-state index contributed by atoms with van der Waals surface area (Å²) in [5.41, 5.74) is 0. The molecule has 0 bridgehead atoms. The minimum Gasteiger partial charge on any atom is -0.167 e. The Morgan fingerprint density at radius 2 is 0.714 bits per heavy atom. The van der Waals surface area contributed by atoms with E-state index in [-0.39, 0.29) is 0 Å². The summed E-state index contributed by atoms with van der Waals surface area (Å²) in [7, 11) is 0. The number of hydrogen-bond donors (Lipinski definition) is 0. The first-order chi connectivity index (χ1) is 7.00. The molecule has 1 heterocycles. The van der Waals surface area contributed by atoms with Crippen LogP contribution in [0.15, 0.2) is 41.4 Å². The van der Waals surface area contributed by atoms with Crippen LogP contribution in [0.4, 0.5) is 0 Å². The molecule has 76 valence electrons. The second-order valence-electron chi connectivity index (χ2n) is 2.52. The van der Waals surface area contributed by atoms with Crippen molar-refractivity contribution in [1.82, 2.24) is 0 Å². The van der Waals surface area contributed by atoms with Crippen LogP contribution in [-0.2, 0) is 0 Å². The molecule has 0 saturated carbocycles. The molecule has 0 aromatic rings. The van der Waals surface area contributed by atoms with Crippen molar-refractivity contribution >= 4 is 0 Å². The maximum atomic E-state index is 3.77. The Bertz CT molecular complexity index is 192. The zero-order valence-corrected chi connectivity index (χ0v) is 7.82. The molecule has 1 rings (SSSR count). The summed E-state index contributed by atoms with van der Waals surface area (Å²) in [4.78, 5) is 0. The lowest BCUT2D eigenvalue weighted by Gasteiger charge is -1.88. The smallest absolute Gasteiger partial charge is 0.0640 e. The molecule has 0 aromatic heterocycles. The molecule has 1 aliphatic heterocycles. The Kier molecular flexibility index (Phi) is 6.00. The van der Waals surface area contributed by atoms with Crippen molar-refractivity contribution in [2.45, 2.75) is 12.8 Å². The highest BCUT2D eigenvalue weighted by Gasteiger charge is 1.85. The number of hydrogen-bond acceptors (Lipinski definition) is 8. The molecule has 0 atom stereocenters. The Hall–Kier alpha value is -1.60. The lowest BCUT2D eigenvalue weighted by molar-refractivity contribution is 0.696. The minimum absolute atomic E-state index is 0.579. The summed E-state index contributed by atoms with van der Waals surface area (Å²) in [6.07, 6.45) is 1.55. The SMILES string of the molecule is C1CN=NN=NCCCN=NN=NC1. The van der Waals surface area contributed by atoms with Crippen LogP contribution >= 0.6 is 0 Å². The van der Waals surface area contributed by atoms with Crippen LogP contribution in [-0.4, -0.2) is 26.2 Å². The lowest BCUT2D eigenvalue weighted by Crippen LogP contribution is -1.85. The van der Waals surface area contributed by atoms with Crippen molar-refractivity contribution < 1.29 is 0 Å². The van der Waals surface area contributed by atoms with E-state index < -0.39 is 0 Å². The summed E-state index contributed by atoms with van der Waals surface area (Å²) in [5, 5.41) is 29.1. The molecule has 0 fully saturated rings. The van der Waals surface area contributed by atoms with Gasteiger partial charge < -0.3 is 0 Å². The third kappa shape index (κ3) is 5.98. The molecule has 14 heavy (non-hydrogen) atoms. The summed E-state index contributed by atoms with van der Waals surface area (Å²) in [5.74, 6) is 0. The first kappa shape index (κ1) is 10.5. The largest absolute Gasteiger partial charge is 0.167 e. The van der Waals surface area contributed by atoms with Crippen molar-refractivity contribution in [2.75, 3.05) is 26.2 Å². The van der Waals surface area contributed by atoms with E-state index in [9.17, 15) is 0 Å². The van der Waals surface area contributed by atoms with Gasteiger partial charge in [-0.2, -0.15) is 20.5 Å². The maximum Gasteiger partial charge on any atom is 0.0640 e. The zero-order valence-electron chi connectivity index (χ0n) is 7.82. The Balaban J connectivity index is 2.33. The van der Waals surface area contributed by atoms with Gasteiger partial charge in [0.05, 0.1) is 26.2 Å². The lowest BCUT2D eigenvalue weighted by atomic mass is 10.4. The van der Waals surface area contributed by atoms with Gasteiger partial charge in [-0.3, -0.25) is 0 Å². The quantitative estimate of drug-likeness (QED) is 0.568. The van der Waals surface area contributed by atoms with E-state index in [1.807, 2.05) is 0 Å². The molecule has 8 nitrogen and oxygen atoms in total. The fraction of sp³-hybridized carbons (Fsp3) is 1.00. The van der Waals surface area contributed by atoms with Crippen LogP contribution in [0.5, 0.6) is 0 Å². The molecule has 8 heteroatoms. The minimum atomic E-state index is 0.579. The van der Waals surface area contributed by atoms with Gasteiger partial charge in [0.15, 0.2) is 0 Å². The molecular formula is C6H12N8. The van der Waals surface area contributed by atoms with Crippen LogP contribution in [0.1, 0.15) is 12.8 Å². The van der Waals surface area contributed by atoms with E-state index >= 15 is 0 Å². The molecule has 0 amide bonds. The highest BCUT2D eigenvalue weighted by Crippen LogP contribution is 1.92. The Labute approximate surface area is 81.3 Å². The Morgan fingerprint density at radius 3 is 1.00 bits per heavy atom. The van der Waals surface area contributed by atoms with Crippen LogP contribution in [0.25, 0.3) is 0 Å². The average molecular weight is 196 g/mol. The van der Waals surface area contributed by atoms with Crippen molar-refractivity contribution in [1.29, 1.82) is 0 Å². The molecule has 0 aromatic carbocycles. The average Bonchev–Trinajstić information content (AvgIpc) is 2.22. The van der Waals surface area contributed by atoms with Gasteiger partial charge in [0, 0.05) is 0 Å². The van der Waals surface area contributed by atoms with Crippen LogP contribution in [0.2, 0.25) is 0 Å². The van der Waals surface area contributed by atoms with Gasteiger partial charge in [0.1, 0.15) is 0 Å². The van der Waals surface area contributed by atoms with E-state index in [1.54, 1.807) is 0 Å². The van der Waals surface area contributed by atoms with Crippen LogP contribution in [0, 0.1) is 0 Å². The fourth-order valence-corrected chi connectivity index (χ4v) is 0.716. The van der Waals surface area contributed by atoms with Gasteiger partial charge in [-0.25, -0.2) is 0 Å². The molecule has 1 aliphatic rings. The molecule has 0 spiro atoms. The van der Waals surface area contributed by atoms with E-state index in [2.05, 4.69) is 41.4 Å². The first-order valence-electron chi connectivity index (χ1n) is 4.46. The molecule has 0 N–H and O–H groups in total.